The number of amides is 3. The minimum Gasteiger partial charge on any atom is -0.492 e. The number of rotatable bonds is 6. The van der Waals surface area contributed by atoms with Crippen LogP contribution < -0.4 is 14.8 Å². The van der Waals surface area contributed by atoms with E-state index < -0.39 is 24.5 Å². The molecule has 1 heterocycles. The Morgan fingerprint density at radius 3 is 2.64 bits per heavy atom. The summed E-state index contributed by atoms with van der Waals surface area (Å²) >= 11 is 3.38. The molecule has 3 amide bonds. The fraction of sp³-hybridized carbons (Fsp3) is 0.312. The number of methoxy groups -OCH3 is 2. The van der Waals surface area contributed by atoms with Crippen LogP contribution in [0, 0.1) is 0 Å². The van der Waals surface area contributed by atoms with Crippen LogP contribution in [-0.4, -0.2) is 50.2 Å². The number of halogens is 1. The second kappa shape index (κ2) is 8.02. The summed E-state index contributed by atoms with van der Waals surface area (Å²) in [6.45, 7) is 1.82. The molecule has 8 nitrogen and oxygen atoms in total. The van der Waals surface area contributed by atoms with Gasteiger partial charge in [0, 0.05) is 0 Å². The van der Waals surface area contributed by atoms with Crippen LogP contribution in [0.4, 0.5) is 4.79 Å². The molecule has 1 aromatic carbocycles. The molecule has 1 aliphatic rings. The topological polar surface area (TPSA) is 94.2 Å². The Bertz CT molecular complexity index is 746. The number of benzene rings is 1. The Kier molecular flexibility index (Phi) is 6.02. The summed E-state index contributed by atoms with van der Waals surface area (Å²) in [5.74, 6) is -0.275. The summed E-state index contributed by atoms with van der Waals surface area (Å²) in [6, 6.07) is 2.72. The Morgan fingerprint density at radius 2 is 2.04 bits per heavy atom. The van der Waals surface area contributed by atoms with Crippen LogP contribution >= 0.6 is 15.9 Å². The predicted molar refractivity (Wildman–Crippen MR) is 92.1 cm³/mol. The number of hydrogen-bond acceptors (Lipinski definition) is 6. The number of nitrogens with one attached hydrogen (secondary N) is 1. The van der Waals surface area contributed by atoms with E-state index in [9.17, 15) is 14.4 Å². The first-order valence-corrected chi connectivity index (χ1v) is 8.12. The van der Waals surface area contributed by atoms with Crippen molar-refractivity contribution in [2.24, 2.45) is 0 Å². The van der Waals surface area contributed by atoms with Crippen LogP contribution in [0.25, 0.3) is 6.08 Å². The molecule has 1 aromatic rings. The Balaban J connectivity index is 2.33. The first kappa shape index (κ1) is 18.8. The van der Waals surface area contributed by atoms with E-state index in [1.54, 1.807) is 12.1 Å². The normalized spacial score (nSPS) is 15.4. The average Bonchev–Trinajstić information content (AvgIpc) is 2.82. The molecule has 0 radical (unpaired) electrons. The van der Waals surface area contributed by atoms with E-state index in [1.165, 1.54) is 20.3 Å². The van der Waals surface area contributed by atoms with E-state index in [0.717, 1.165) is 4.90 Å². The first-order valence-electron chi connectivity index (χ1n) is 7.33. The van der Waals surface area contributed by atoms with Crippen molar-refractivity contribution < 1.29 is 28.6 Å². The van der Waals surface area contributed by atoms with Gasteiger partial charge in [0.25, 0.3) is 5.91 Å². The molecule has 0 atom stereocenters. The Hall–Kier alpha value is -2.55. The van der Waals surface area contributed by atoms with Crippen LogP contribution in [0.15, 0.2) is 22.3 Å². The largest absolute Gasteiger partial charge is 0.492 e. The third-order valence-corrected chi connectivity index (χ3v) is 3.91. The van der Waals surface area contributed by atoms with Crippen molar-refractivity contribution in [3.8, 4) is 11.5 Å². The summed E-state index contributed by atoms with van der Waals surface area (Å²) in [6.07, 6.45) is 1.49. The average molecular weight is 413 g/mol. The van der Waals surface area contributed by atoms with Gasteiger partial charge >= 0.3 is 12.0 Å². The predicted octanol–water partition coefficient (Wildman–Crippen LogP) is 1.92. The summed E-state index contributed by atoms with van der Waals surface area (Å²) < 4.78 is 15.9. The van der Waals surface area contributed by atoms with E-state index in [-0.39, 0.29) is 5.70 Å². The van der Waals surface area contributed by atoms with Crippen molar-refractivity contribution in [1.82, 2.24) is 10.2 Å². The summed E-state index contributed by atoms with van der Waals surface area (Å²) in [5.41, 5.74) is 0.660. The molecule has 0 aromatic heterocycles. The Morgan fingerprint density at radius 1 is 1.32 bits per heavy atom. The highest BCUT2D eigenvalue weighted by molar-refractivity contribution is 9.10. The maximum absolute atomic E-state index is 12.3. The van der Waals surface area contributed by atoms with Crippen LogP contribution in [0.1, 0.15) is 12.5 Å². The second-order valence-corrected chi connectivity index (χ2v) is 5.78. The van der Waals surface area contributed by atoms with Gasteiger partial charge in [-0.1, -0.05) is 0 Å². The van der Waals surface area contributed by atoms with Gasteiger partial charge in [-0.15, -0.1) is 0 Å². The SMILES string of the molecule is CCOc1cc(/C=C2/NC(=O)N(CC(=O)OC)C2=O)cc(Br)c1OC. The minimum atomic E-state index is -0.685. The number of urea groups is 1. The third-order valence-electron chi connectivity index (χ3n) is 3.32. The van der Waals surface area contributed by atoms with Crippen molar-refractivity contribution in [3.63, 3.8) is 0 Å². The van der Waals surface area contributed by atoms with Crippen molar-refractivity contribution in [3.05, 3.63) is 27.9 Å². The lowest BCUT2D eigenvalue weighted by Crippen LogP contribution is -2.36. The quantitative estimate of drug-likeness (QED) is 0.435. The van der Waals surface area contributed by atoms with E-state index in [1.807, 2.05) is 6.92 Å². The lowest BCUT2D eigenvalue weighted by atomic mass is 10.1. The highest BCUT2D eigenvalue weighted by Crippen LogP contribution is 2.37. The maximum atomic E-state index is 12.3. The summed E-state index contributed by atoms with van der Waals surface area (Å²) in [7, 11) is 2.70. The molecular formula is C16H17BrN2O6. The number of nitrogens with zero attached hydrogens (tertiary/aromatic N) is 1. The number of carbonyl (C=O) groups excluding carboxylic acids is 3. The van der Waals surface area contributed by atoms with Gasteiger partial charge in [-0.05, 0) is 46.6 Å². The molecule has 0 saturated carbocycles. The molecule has 1 fully saturated rings. The molecule has 134 valence electrons. The van der Waals surface area contributed by atoms with Crippen molar-refractivity contribution in [2.75, 3.05) is 27.4 Å². The number of imide groups is 1. The van der Waals surface area contributed by atoms with Gasteiger partial charge < -0.3 is 19.5 Å². The number of ether oxygens (including phenoxy) is 3. The molecule has 25 heavy (non-hydrogen) atoms. The molecule has 0 aliphatic carbocycles. The van der Waals surface area contributed by atoms with Crippen LogP contribution in [0.2, 0.25) is 0 Å². The zero-order valence-corrected chi connectivity index (χ0v) is 15.5. The lowest BCUT2D eigenvalue weighted by Gasteiger charge is -2.12. The molecule has 0 unspecified atom stereocenters. The Labute approximate surface area is 152 Å². The van der Waals surface area contributed by atoms with Gasteiger partial charge in [0.05, 0.1) is 25.3 Å². The molecule has 1 saturated heterocycles. The second-order valence-electron chi connectivity index (χ2n) is 4.92. The number of carbonyl (C=O) groups is 3. The molecule has 0 bridgehead atoms. The number of esters is 1. The van der Waals surface area contributed by atoms with Crippen LogP contribution in [0.5, 0.6) is 11.5 Å². The van der Waals surface area contributed by atoms with Crippen LogP contribution in [0.3, 0.4) is 0 Å². The molecular weight excluding hydrogens is 396 g/mol. The smallest absolute Gasteiger partial charge is 0.329 e. The lowest BCUT2D eigenvalue weighted by molar-refractivity contribution is -0.143. The van der Waals surface area contributed by atoms with Gasteiger partial charge in [-0.2, -0.15) is 0 Å². The highest BCUT2D eigenvalue weighted by Gasteiger charge is 2.35. The molecule has 9 heteroatoms. The van der Waals surface area contributed by atoms with E-state index >= 15 is 0 Å². The highest BCUT2D eigenvalue weighted by atomic mass is 79.9. The van der Waals surface area contributed by atoms with Gasteiger partial charge in [0.1, 0.15) is 12.2 Å². The number of hydrogen-bond donors (Lipinski definition) is 1. The van der Waals surface area contributed by atoms with Crippen molar-refractivity contribution >= 4 is 39.9 Å². The zero-order chi connectivity index (χ0) is 18.6. The van der Waals surface area contributed by atoms with Gasteiger partial charge in [0.2, 0.25) is 0 Å². The third kappa shape index (κ3) is 4.11. The molecule has 2 rings (SSSR count). The maximum Gasteiger partial charge on any atom is 0.329 e. The molecule has 1 aliphatic heterocycles. The first-order chi connectivity index (χ1) is 11.9. The molecule has 1 N–H and O–H groups in total. The van der Waals surface area contributed by atoms with Crippen molar-refractivity contribution in [1.29, 1.82) is 0 Å². The minimum absolute atomic E-state index is 0.0495. The molecule has 0 spiro atoms. The van der Waals surface area contributed by atoms with E-state index in [4.69, 9.17) is 9.47 Å². The fourth-order valence-electron chi connectivity index (χ4n) is 2.21. The van der Waals surface area contributed by atoms with Crippen LogP contribution in [-0.2, 0) is 14.3 Å². The van der Waals surface area contributed by atoms with E-state index in [0.29, 0.717) is 28.1 Å². The summed E-state index contributed by atoms with van der Waals surface area (Å²) in [5, 5.41) is 2.43. The fourth-order valence-corrected chi connectivity index (χ4v) is 2.83. The van der Waals surface area contributed by atoms with Crippen molar-refractivity contribution in [2.45, 2.75) is 6.92 Å². The summed E-state index contributed by atoms with van der Waals surface area (Å²) in [4.78, 5) is 36.2. The van der Waals surface area contributed by atoms with E-state index in [2.05, 4.69) is 26.0 Å². The zero-order valence-electron chi connectivity index (χ0n) is 13.9. The standard InChI is InChI=1S/C16H17BrN2O6/c1-4-25-12-7-9(5-10(17)14(12)24-3)6-11-15(21)19(16(22)18-11)8-13(20)23-2/h5-7H,4,8H2,1-3H3,(H,18,22)/b11-6+. The monoisotopic (exact) mass is 412 g/mol. The van der Waals surface area contributed by atoms with Gasteiger partial charge in [-0.25, -0.2) is 9.69 Å². The van der Waals surface area contributed by atoms with Gasteiger partial charge in [-0.3, -0.25) is 9.59 Å². The van der Waals surface area contributed by atoms with Gasteiger partial charge in [0.15, 0.2) is 11.5 Å².